The molecule has 0 unspecified atom stereocenters. The van der Waals surface area contributed by atoms with Crippen LogP contribution in [-0.4, -0.2) is 17.1 Å². The van der Waals surface area contributed by atoms with Crippen molar-refractivity contribution in [1.82, 2.24) is 4.98 Å². The van der Waals surface area contributed by atoms with Crippen LogP contribution in [-0.2, 0) is 11.0 Å². The summed E-state index contributed by atoms with van der Waals surface area (Å²) in [5, 5.41) is 10.3. The maximum atomic E-state index is 12.5. The molecule has 1 atom stereocenters. The zero-order valence-corrected chi connectivity index (χ0v) is 12.9. The molecule has 0 bridgehead atoms. The number of alkyl halides is 3. The number of carbonyl (C=O) groups is 1. The first-order valence-corrected chi connectivity index (χ1v) is 6.93. The van der Waals surface area contributed by atoms with Crippen molar-refractivity contribution in [2.24, 2.45) is 0 Å². The van der Waals surface area contributed by atoms with Gasteiger partial charge >= 0.3 is 6.18 Å². The molecule has 0 N–H and O–H groups in total. The summed E-state index contributed by atoms with van der Waals surface area (Å²) in [7, 11) is 0. The number of carbonyl (C=O) groups excluding carboxylic acids is 1. The molecular formula is C15H10ClF3NO4-. The number of aromatic nitrogens is 1. The predicted molar refractivity (Wildman–Crippen MR) is 75.9 cm³/mol. The van der Waals surface area contributed by atoms with Gasteiger partial charge in [-0.25, -0.2) is 4.98 Å². The van der Waals surface area contributed by atoms with E-state index in [-0.39, 0.29) is 22.4 Å². The number of carboxylic acid groups (broad SMARTS) is 1. The number of benzene rings is 1. The summed E-state index contributed by atoms with van der Waals surface area (Å²) in [5.41, 5.74) is -0.986. The number of hydrogen-bond donors (Lipinski definition) is 0. The van der Waals surface area contributed by atoms with E-state index in [1.54, 1.807) is 0 Å². The van der Waals surface area contributed by atoms with Gasteiger partial charge in [0.1, 0.15) is 22.6 Å². The molecule has 1 aromatic heterocycles. The van der Waals surface area contributed by atoms with Gasteiger partial charge in [-0.2, -0.15) is 13.2 Å². The van der Waals surface area contributed by atoms with Crippen molar-refractivity contribution in [2.75, 3.05) is 0 Å². The van der Waals surface area contributed by atoms with Gasteiger partial charge in [-0.1, -0.05) is 11.6 Å². The minimum Gasteiger partial charge on any atom is -0.546 e. The van der Waals surface area contributed by atoms with Crippen molar-refractivity contribution in [3.05, 3.63) is 47.1 Å². The number of halogens is 4. The Labute approximate surface area is 139 Å². The number of aliphatic carboxylic acids is 1. The lowest BCUT2D eigenvalue weighted by atomic mass is 10.3. The molecule has 128 valence electrons. The van der Waals surface area contributed by atoms with E-state index in [1.807, 2.05) is 0 Å². The lowest BCUT2D eigenvalue weighted by Gasteiger charge is -2.15. The lowest BCUT2D eigenvalue weighted by molar-refractivity contribution is -0.312. The number of ether oxygens (including phenoxy) is 2. The quantitative estimate of drug-likeness (QED) is 0.819. The van der Waals surface area contributed by atoms with Gasteiger partial charge in [0.25, 0.3) is 0 Å². The summed E-state index contributed by atoms with van der Waals surface area (Å²) in [6.07, 6.45) is -5.08. The van der Waals surface area contributed by atoms with Crippen LogP contribution >= 0.6 is 11.6 Å². The van der Waals surface area contributed by atoms with E-state index in [4.69, 9.17) is 21.1 Å². The molecule has 2 rings (SSSR count). The Hall–Kier alpha value is -2.48. The van der Waals surface area contributed by atoms with Crippen molar-refractivity contribution in [3.63, 3.8) is 0 Å². The molecule has 5 nitrogen and oxygen atoms in total. The van der Waals surface area contributed by atoms with Crippen molar-refractivity contribution < 1.29 is 32.5 Å². The average Bonchev–Trinajstić information content (AvgIpc) is 2.50. The zero-order chi connectivity index (χ0) is 17.9. The van der Waals surface area contributed by atoms with Crippen molar-refractivity contribution in [3.8, 4) is 17.4 Å². The van der Waals surface area contributed by atoms with Crippen LogP contribution in [0.4, 0.5) is 13.2 Å². The van der Waals surface area contributed by atoms with Gasteiger partial charge in [-0.15, -0.1) is 0 Å². The number of carboxylic acids is 1. The van der Waals surface area contributed by atoms with E-state index in [1.165, 1.54) is 31.2 Å². The van der Waals surface area contributed by atoms with Crippen molar-refractivity contribution in [2.45, 2.75) is 19.2 Å². The molecule has 0 aliphatic heterocycles. The zero-order valence-electron chi connectivity index (χ0n) is 12.1. The summed E-state index contributed by atoms with van der Waals surface area (Å²) in [6, 6.07) is 6.41. The second-order valence-corrected chi connectivity index (χ2v) is 5.07. The Morgan fingerprint density at radius 3 is 2.33 bits per heavy atom. The first-order valence-electron chi connectivity index (χ1n) is 6.55. The Balaban J connectivity index is 2.10. The van der Waals surface area contributed by atoms with Gasteiger partial charge in [-0.05, 0) is 37.3 Å². The van der Waals surface area contributed by atoms with Crippen LogP contribution in [0.5, 0.6) is 17.4 Å². The van der Waals surface area contributed by atoms with Crippen LogP contribution < -0.4 is 14.6 Å². The van der Waals surface area contributed by atoms with Crippen molar-refractivity contribution in [1.29, 1.82) is 0 Å². The van der Waals surface area contributed by atoms with E-state index < -0.39 is 23.8 Å². The molecule has 24 heavy (non-hydrogen) atoms. The molecule has 2 aromatic rings. The van der Waals surface area contributed by atoms with E-state index in [9.17, 15) is 23.1 Å². The average molecular weight is 361 g/mol. The van der Waals surface area contributed by atoms with E-state index in [0.717, 1.165) is 0 Å². The molecule has 0 aliphatic carbocycles. The number of rotatable bonds is 5. The molecule has 0 radical (unpaired) electrons. The Morgan fingerprint density at radius 1 is 1.25 bits per heavy atom. The highest BCUT2D eigenvalue weighted by atomic mass is 35.5. The Morgan fingerprint density at radius 2 is 1.83 bits per heavy atom. The molecular weight excluding hydrogens is 351 g/mol. The highest BCUT2D eigenvalue weighted by molar-refractivity contribution is 6.31. The van der Waals surface area contributed by atoms with Gasteiger partial charge in [0.2, 0.25) is 5.88 Å². The smallest absolute Gasteiger partial charge is 0.417 e. The van der Waals surface area contributed by atoms with Crippen LogP contribution in [0.25, 0.3) is 0 Å². The highest BCUT2D eigenvalue weighted by Gasteiger charge is 2.31. The van der Waals surface area contributed by atoms with Gasteiger partial charge < -0.3 is 19.4 Å². The first-order chi connectivity index (χ1) is 11.2. The predicted octanol–water partition coefficient (Wildman–Crippen LogP) is 3.06. The minimum atomic E-state index is -4.55. The van der Waals surface area contributed by atoms with E-state index in [0.29, 0.717) is 12.3 Å². The standard InChI is InChI=1S/C15H11ClF3NO4/c1-8(14(21)22)23-10-2-4-11(5-3-10)24-13-12(16)6-9(7-20-13)15(17,18)19/h2-8H,1H3,(H,21,22)/p-1/t8-/m0/s1. The Bertz CT molecular complexity index is 734. The molecule has 1 aromatic carbocycles. The van der Waals surface area contributed by atoms with Crippen LogP contribution in [0.1, 0.15) is 12.5 Å². The highest BCUT2D eigenvalue weighted by Crippen LogP contribution is 2.34. The maximum absolute atomic E-state index is 12.5. The largest absolute Gasteiger partial charge is 0.546 e. The van der Waals surface area contributed by atoms with E-state index in [2.05, 4.69) is 4.98 Å². The molecule has 0 fully saturated rings. The lowest BCUT2D eigenvalue weighted by Crippen LogP contribution is -2.37. The summed E-state index contributed by atoms with van der Waals surface area (Å²) in [5.74, 6) is -1.07. The van der Waals surface area contributed by atoms with Gasteiger partial charge in [-0.3, -0.25) is 0 Å². The fourth-order valence-electron chi connectivity index (χ4n) is 1.61. The van der Waals surface area contributed by atoms with E-state index >= 15 is 0 Å². The molecule has 9 heteroatoms. The van der Waals surface area contributed by atoms with Crippen LogP contribution in [0.2, 0.25) is 5.02 Å². The van der Waals surface area contributed by atoms with Gasteiger partial charge in [0.05, 0.1) is 11.5 Å². The van der Waals surface area contributed by atoms with Crippen molar-refractivity contribution >= 4 is 17.6 Å². The molecule has 0 saturated heterocycles. The van der Waals surface area contributed by atoms with Gasteiger partial charge in [0, 0.05) is 6.20 Å². The second kappa shape index (κ2) is 6.96. The molecule has 0 amide bonds. The fraction of sp³-hybridized carbons (Fsp3) is 0.200. The monoisotopic (exact) mass is 360 g/mol. The summed E-state index contributed by atoms with van der Waals surface area (Å²) < 4.78 is 48.0. The fourth-order valence-corrected chi connectivity index (χ4v) is 1.81. The second-order valence-electron chi connectivity index (χ2n) is 4.66. The normalized spacial score (nSPS) is 12.5. The topological polar surface area (TPSA) is 71.5 Å². The van der Waals surface area contributed by atoms with Crippen LogP contribution in [0.15, 0.2) is 36.5 Å². The summed E-state index contributed by atoms with van der Waals surface area (Å²) in [6.45, 7) is 1.31. The molecule has 0 saturated carbocycles. The molecule has 1 heterocycles. The summed E-state index contributed by atoms with van der Waals surface area (Å²) in [4.78, 5) is 14.1. The first kappa shape index (κ1) is 17.9. The maximum Gasteiger partial charge on any atom is 0.417 e. The molecule has 0 aliphatic rings. The van der Waals surface area contributed by atoms with Gasteiger partial charge in [0.15, 0.2) is 0 Å². The SMILES string of the molecule is C[C@H](Oc1ccc(Oc2ncc(C(F)(F)F)cc2Cl)cc1)C(=O)[O-]. The van der Waals surface area contributed by atoms with Crippen LogP contribution in [0, 0.1) is 0 Å². The number of pyridine rings is 1. The summed E-state index contributed by atoms with van der Waals surface area (Å²) >= 11 is 5.74. The minimum absolute atomic E-state index is 0.193. The Kier molecular flexibility index (Phi) is 5.18. The third kappa shape index (κ3) is 4.51. The third-order valence-electron chi connectivity index (χ3n) is 2.82. The van der Waals surface area contributed by atoms with Crippen LogP contribution in [0.3, 0.4) is 0 Å². The number of hydrogen-bond acceptors (Lipinski definition) is 5. The number of nitrogens with zero attached hydrogens (tertiary/aromatic N) is 1. The molecule has 0 spiro atoms. The third-order valence-corrected chi connectivity index (χ3v) is 3.09.